The van der Waals surface area contributed by atoms with Crippen molar-refractivity contribution in [2.24, 2.45) is 0 Å². The van der Waals surface area contributed by atoms with Crippen LogP contribution in [0, 0.1) is 17.0 Å². The van der Waals surface area contributed by atoms with E-state index in [0.717, 1.165) is 31.5 Å². The van der Waals surface area contributed by atoms with E-state index >= 15 is 0 Å². The predicted molar refractivity (Wildman–Crippen MR) is 72.0 cm³/mol. The molecule has 1 fully saturated rings. The van der Waals surface area contributed by atoms with Crippen LogP contribution in [0.15, 0.2) is 18.2 Å². The Bertz CT molecular complexity index is 454. The third-order valence-corrected chi connectivity index (χ3v) is 3.49. The van der Waals surface area contributed by atoms with Crippen LogP contribution in [-0.4, -0.2) is 23.6 Å². The van der Waals surface area contributed by atoms with E-state index in [9.17, 15) is 10.1 Å². The van der Waals surface area contributed by atoms with Gasteiger partial charge in [-0.1, -0.05) is 6.07 Å². The van der Waals surface area contributed by atoms with Crippen LogP contribution in [0.2, 0.25) is 0 Å². The van der Waals surface area contributed by atoms with Crippen molar-refractivity contribution >= 4 is 11.4 Å². The average Bonchev–Trinajstić information content (AvgIpc) is 2.32. The third kappa shape index (κ3) is 2.79. The zero-order valence-electron chi connectivity index (χ0n) is 10.8. The van der Waals surface area contributed by atoms with Crippen LogP contribution in [0.1, 0.15) is 25.3 Å². The number of hydrogen-bond acceptors (Lipinski definition) is 4. The summed E-state index contributed by atoms with van der Waals surface area (Å²) in [5, 5.41) is 17.7. The lowest BCUT2D eigenvalue weighted by Gasteiger charge is -2.35. The highest BCUT2D eigenvalue weighted by molar-refractivity contribution is 5.63. The summed E-state index contributed by atoms with van der Waals surface area (Å²) in [7, 11) is 0. The largest absolute Gasteiger partial charge is 0.374 e. The molecule has 0 amide bonds. The Morgan fingerprint density at radius 1 is 1.39 bits per heavy atom. The molecular formula is C13H19N3O2. The molecule has 0 aromatic heterocycles. The first kappa shape index (κ1) is 12.8. The standard InChI is InChI=1S/C13H19N3O2/c1-10-3-4-11(12(9-10)16(17)18)15-13(2)5-7-14-8-6-13/h3-4,9,14-15H,5-8H2,1-2H3. The summed E-state index contributed by atoms with van der Waals surface area (Å²) in [5.41, 5.74) is 1.62. The smallest absolute Gasteiger partial charge is 0.292 e. The van der Waals surface area contributed by atoms with Gasteiger partial charge in [0.15, 0.2) is 0 Å². The molecule has 1 heterocycles. The molecule has 1 aromatic carbocycles. The van der Waals surface area contributed by atoms with Gasteiger partial charge in [-0.05, 0) is 51.4 Å². The Morgan fingerprint density at radius 3 is 2.67 bits per heavy atom. The van der Waals surface area contributed by atoms with Gasteiger partial charge in [0.05, 0.1) is 4.92 Å². The molecule has 1 saturated heterocycles. The molecule has 5 nitrogen and oxygen atoms in total. The molecule has 0 aliphatic carbocycles. The molecule has 1 aliphatic rings. The molecule has 1 aromatic rings. The molecule has 18 heavy (non-hydrogen) atoms. The first-order chi connectivity index (χ1) is 8.50. The number of aryl methyl sites for hydroxylation is 1. The molecule has 2 N–H and O–H groups in total. The summed E-state index contributed by atoms with van der Waals surface area (Å²) in [4.78, 5) is 10.8. The van der Waals surface area contributed by atoms with Gasteiger partial charge < -0.3 is 10.6 Å². The fourth-order valence-corrected chi connectivity index (χ4v) is 2.33. The van der Waals surface area contributed by atoms with Crippen molar-refractivity contribution in [2.75, 3.05) is 18.4 Å². The summed E-state index contributed by atoms with van der Waals surface area (Å²) in [6.45, 7) is 5.88. The lowest BCUT2D eigenvalue weighted by molar-refractivity contribution is -0.384. The van der Waals surface area contributed by atoms with Gasteiger partial charge in [-0.15, -0.1) is 0 Å². The normalized spacial score (nSPS) is 18.3. The first-order valence-corrected chi connectivity index (χ1v) is 6.24. The average molecular weight is 249 g/mol. The summed E-state index contributed by atoms with van der Waals surface area (Å²) in [5.74, 6) is 0. The van der Waals surface area contributed by atoms with Crippen LogP contribution in [0.4, 0.5) is 11.4 Å². The van der Waals surface area contributed by atoms with E-state index < -0.39 is 0 Å². The number of nitrogens with zero attached hydrogens (tertiary/aromatic N) is 1. The number of anilines is 1. The number of nitro benzene ring substituents is 1. The van der Waals surface area contributed by atoms with Crippen molar-refractivity contribution in [1.82, 2.24) is 5.32 Å². The molecule has 0 saturated carbocycles. The Kier molecular flexibility index (Phi) is 3.52. The van der Waals surface area contributed by atoms with Crippen LogP contribution < -0.4 is 10.6 Å². The van der Waals surface area contributed by atoms with Gasteiger partial charge in [-0.25, -0.2) is 0 Å². The van der Waals surface area contributed by atoms with E-state index in [1.165, 1.54) is 0 Å². The van der Waals surface area contributed by atoms with Crippen molar-refractivity contribution in [3.05, 3.63) is 33.9 Å². The molecule has 0 bridgehead atoms. The lowest BCUT2D eigenvalue weighted by Crippen LogP contribution is -2.45. The topological polar surface area (TPSA) is 67.2 Å². The van der Waals surface area contributed by atoms with Gasteiger partial charge in [0.2, 0.25) is 0 Å². The summed E-state index contributed by atoms with van der Waals surface area (Å²) in [6.07, 6.45) is 1.94. The maximum absolute atomic E-state index is 11.1. The van der Waals surface area contributed by atoms with Crippen LogP contribution >= 0.6 is 0 Å². The zero-order valence-corrected chi connectivity index (χ0v) is 10.8. The highest BCUT2D eigenvalue weighted by Crippen LogP contribution is 2.31. The highest BCUT2D eigenvalue weighted by Gasteiger charge is 2.28. The SMILES string of the molecule is Cc1ccc(NC2(C)CCNCC2)c([N+](=O)[O-])c1. The summed E-state index contributed by atoms with van der Waals surface area (Å²) in [6, 6.07) is 5.33. The van der Waals surface area contributed by atoms with Gasteiger partial charge in [0.1, 0.15) is 5.69 Å². The fraction of sp³-hybridized carbons (Fsp3) is 0.538. The molecule has 0 radical (unpaired) electrons. The second-order valence-corrected chi connectivity index (χ2v) is 5.21. The predicted octanol–water partition coefficient (Wildman–Crippen LogP) is 2.46. The molecule has 0 atom stereocenters. The molecular weight excluding hydrogens is 230 g/mol. The molecule has 0 spiro atoms. The van der Waals surface area contributed by atoms with Crippen molar-refractivity contribution in [3.63, 3.8) is 0 Å². The third-order valence-electron chi connectivity index (χ3n) is 3.49. The zero-order chi connectivity index (χ0) is 13.2. The molecule has 1 aliphatic heterocycles. The Hall–Kier alpha value is -1.62. The second kappa shape index (κ2) is 4.94. The first-order valence-electron chi connectivity index (χ1n) is 6.24. The van der Waals surface area contributed by atoms with Gasteiger partial charge >= 0.3 is 0 Å². The maximum Gasteiger partial charge on any atom is 0.292 e. The fourth-order valence-electron chi connectivity index (χ4n) is 2.33. The van der Waals surface area contributed by atoms with E-state index in [2.05, 4.69) is 17.6 Å². The molecule has 5 heteroatoms. The maximum atomic E-state index is 11.1. The van der Waals surface area contributed by atoms with E-state index in [4.69, 9.17) is 0 Å². The van der Waals surface area contributed by atoms with E-state index in [1.807, 2.05) is 13.0 Å². The molecule has 2 rings (SSSR count). The van der Waals surface area contributed by atoms with Crippen molar-refractivity contribution < 1.29 is 4.92 Å². The van der Waals surface area contributed by atoms with Gasteiger partial charge in [0.25, 0.3) is 5.69 Å². The number of hydrogen-bond donors (Lipinski definition) is 2. The quantitative estimate of drug-likeness (QED) is 0.638. The van der Waals surface area contributed by atoms with Crippen molar-refractivity contribution in [3.8, 4) is 0 Å². The Labute approximate surface area is 107 Å². The van der Waals surface area contributed by atoms with Gasteiger partial charge in [-0.3, -0.25) is 10.1 Å². The van der Waals surface area contributed by atoms with Crippen LogP contribution in [-0.2, 0) is 0 Å². The lowest BCUT2D eigenvalue weighted by atomic mass is 9.90. The minimum atomic E-state index is -0.320. The van der Waals surface area contributed by atoms with Crippen LogP contribution in [0.3, 0.4) is 0 Å². The van der Waals surface area contributed by atoms with Crippen LogP contribution in [0.25, 0.3) is 0 Å². The number of piperidine rings is 1. The second-order valence-electron chi connectivity index (χ2n) is 5.21. The van der Waals surface area contributed by atoms with Gasteiger partial charge in [-0.2, -0.15) is 0 Å². The number of rotatable bonds is 3. The monoisotopic (exact) mass is 249 g/mol. The van der Waals surface area contributed by atoms with Gasteiger partial charge in [0, 0.05) is 11.6 Å². The summed E-state index contributed by atoms with van der Waals surface area (Å²) < 4.78 is 0. The Morgan fingerprint density at radius 2 is 2.06 bits per heavy atom. The highest BCUT2D eigenvalue weighted by atomic mass is 16.6. The van der Waals surface area contributed by atoms with Crippen molar-refractivity contribution in [1.29, 1.82) is 0 Å². The molecule has 0 unspecified atom stereocenters. The Balaban J connectivity index is 2.25. The number of benzene rings is 1. The minimum absolute atomic E-state index is 0.0642. The molecule has 98 valence electrons. The van der Waals surface area contributed by atoms with E-state index in [0.29, 0.717) is 5.69 Å². The minimum Gasteiger partial charge on any atom is -0.374 e. The van der Waals surface area contributed by atoms with Crippen molar-refractivity contribution in [2.45, 2.75) is 32.2 Å². The number of nitro groups is 1. The summed E-state index contributed by atoms with van der Waals surface area (Å²) >= 11 is 0. The number of nitrogens with one attached hydrogen (secondary N) is 2. The van der Waals surface area contributed by atoms with E-state index in [1.54, 1.807) is 12.1 Å². The van der Waals surface area contributed by atoms with Crippen LogP contribution in [0.5, 0.6) is 0 Å². The van der Waals surface area contributed by atoms with E-state index in [-0.39, 0.29) is 16.1 Å².